The molecule has 0 aliphatic heterocycles. The van der Waals surface area contributed by atoms with E-state index in [1.807, 2.05) is 47.1 Å². The number of benzene rings is 2. The molecular formula is C20H18N8O. The second-order valence-electron chi connectivity index (χ2n) is 6.72. The second kappa shape index (κ2) is 6.57. The van der Waals surface area contributed by atoms with E-state index >= 15 is 0 Å². The van der Waals surface area contributed by atoms with Gasteiger partial charge in [-0.25, -0.2) is 14.6 Å². The molecule has 144 valence electrons. The van der Waals surface area contributed by atoms with Crippen LogP contribution in [0.1, 0.15) is 11.1 Å². The molecule has 9 heteroatoms. The number of rotatable bonds is 4. The number of nitrogens with zero attached hydrogens (tertiary/aromatic N) is 5. The first-order chi connectivity index (χ1) is 14.1. The Kier molecular flexibility index (Phi) is 3.88. The van der Waals surface area contributed by atoms with Gasteiger partial charge in [0.2, 0.25) is 0 Å². The van der Waals surface area contributed by atoms with Gasteiger partial charge in [0.15, 0.2) is 11.2 Å². The largest absolute Gasteiger partial charge is 0.424 e. The molecule has 2 aromatic carbocycles. The molecule has 0 unspecified atom stereocenters. The van der Waals surface area contributed by atoms with Gasteiger partial charge in [-0.1, -0.05) is 24.3 Å². The van der Waals surface area contributed by atoms with E-state index in [0.29, 0.717) is 46.7 Å². The zero-order valence-electron chi connectivity index (χ0n) is 15.4. The Morgan fingerprint density at radius 1 is 0.966 bits per heavy atom. The Balaban J connectivity index is 1.64. The molecule has 0 saturated heterocycles. The molecule has 0 amide bonds. The Bertz CT molecular complexity index is 1340. The lowest BCUT2D eigenvalue weighted by Crippen LogP contribution is -2.04. The van der Waals surface area contributed by atoms with E-state index < -0.39 is 0 Å². The van der Waals surface area contributed by atoms with Crippen molar-refractivity contribution in [2.45, 2.75) is 13.1 Å². The lowest BCUT2D eigenvalue weighted by molar-refractivity contribution is 0.626. The first kappa shape index (κ1) is 17.1. The summed E-state index contributed by atoms with van der Waals surface area (Å²) < 4.78 is 7.18. The maximum atomic E-state index is 6.18. The van der Waals surface area contributed by atoms with Gasteiger partial charge in [0.1, 0.15) is 23.4 Å². The fourth-order valence-electron chi connectivity index (χ4n) is 3.39. The molecule has 0 radical (unpaired) electrons. The molecule has 3 aromatic heterocycles. The highest BCUT2D eigenvalue weighted by Gasteiger charge is 2.18. The summed E-state index contributed by atoms with van der Waals surface area (Å²) in [5.74, 6) is 0.370. The molecule has 5 rings (SSSR count). The Labute approximate surface area is 165 Å². The fraction of sp³-hybridized carbons (Fsp3) is 0.100. The number of anilines is 2. The number of nitrogen functional groups attached to an aromatic ring is 2. The predicted octanol–water partition coefficient (Wildman–Crippen LogP) is 2.31. The second-order valence-corrected chi connectivity index (χ2v) is 6.72. The summed E-state index contributed by atoms with van der Waals surface area (Å²) in [6.07, 6.45) is 1.44. The lowest BCUT2D eigenvalue weighted by atomic mass is 10.1. The van der Waals surface area contributed by atoms with E-state index in [1.54, 1.807) is 0 Å². The third-order valence-electron chi connectivity index (χ3n) is 4.83. The highest BCUT2D eigenvalue weighted by atomic mass is 16.4. The Morgan fingerprint density at radius 2 is 1.76 bits per heavy atom. The highest BCUT2D eigenvalue weighted by molar-refractivity contribution is 5.99. The maximum absolute atomic E-state index is 6.18. The zero-order chi connectivity index (χ0) is 20.0. The van der Waals surface area contributed by atoms with Crippen molar-refractivity contribution in [3.05, 3.63) is 59.9 Å². The smallest absolute Gasteiger partial charge is 0.292 e. The molecular weight excluding hydrogens is 368 g/mol. The number of fused-ring (bicyclic) bond motifs is 2. The van der Waals surface area contributed by atoms with Gasteiger partial charge < -0.3 is 21.6 Å². The average molecular weight is 386 g/mol. The van der Waals surface area contributed by atoms with E-state index in [4.69, 9.17) is 26.7 Å². The van der Waals surface area contributed by atoms with Crippen LogP contribution in [0.4, 0.5) is 11.8 Å². The van der Waals surface area contributed by atoms with Crippen molar-refractivity contribution in [3.63, 3.8) is 0 Å². The van der Waals surface area contributed by atoms with Gasteiger partial charge >= 0.3 is 0 Å². The zero-order valence-corrected chi connectivity index (χ0v) is 15.4. The molecule has 0 atom stereocenters. The summed E-state index contributed by atoms with van der Waals surface area (Å²) in [6.45, 7) is 1.05. The quantitative estimate of drug-likeness (QED) is 0.426. The van der Waals surface area contributed by atoms with Crippen LogP contribution in [0.25, 0.3) is 33.4 Å². The molecule has 3 heterocycles. The van der Waals surface area contributed by atoms with E-state index in [-0.39, 0.29) is 6.01 Å². The van der Waals surface area contributed by atoms with Crippen LogP contribution in [0.3, 0.4) is 0 Å². The van der Waals surface area contributed by atoms with Gasteiger partial charge in [-0.3, -0.25) is 0 Å². The average Bonchev–Trinajstić information content (AvgIpc) is 3.28. The van der Waals surface area contributed by atoms with Crippen LogP contribution in [-0.2, 0) is 13.1 Å². The minimum Gasteiger partial charge on any atom is -0.424 e. The monoisotopic (exact) mass is 386 g/mol. The van der Waals surface area contributed by atoms with Crippen molar-refractivity contribution in [2.24, 2.45) is 5.73 Å². The van der Waals surface area contributed by atoms with Gasteiger partial charge in [0.25, 0.3) is 6.01 Å². The van der Waals surface area contributed by atoms with Crippen molar-refractivity contribution in [2.75, 3.05) is 11.5 Å². The number of hydrogen-bond donors (Lipinski definition) is 3. The first-order valence-corrected chi connectivity index (χ1v) is 9.03. The maximum Gasteiger partial charge on any atom is 0.292 e. The van der Waals surface area contributed by atoms with Gasteiger partial charge in [0.05, 0.1) is 11.9 Å². The Morgan fingerprint density at radius 3 is 2.55 bits per heavy atom. The minimum atomic E-state index is 0.122. The van der Waals surface area contributed by atoms with Crippen molar-refractivity contribution in [1.29, 1.82) is 0 Å². The molecule has 0 bridgehead atoms. The molecule has 0 fully saturated rings. The third kappa shape index (κ3) is 2.93. The topological polar surface area (TPSA) is 148 Å². The predicted molar refractivity (Wildman–Crippen MR) is 111 cm³/mol. The van der Waals surface area contributed by atoms with E-state index in [1.165, 1.54) is 6.33 Å². The number of hydrogen-bond acceptors (Lipinski definition) is 8. The normalized spacial score (nSPS) is 11.5. The standard InChI is InChI=1S/C20H18N8O/c21-8-11-1-3-12(4-2-11)9-28-19-16(18(22)24-10-25-19)17(27-28)13-5-6-15-14(7-13)26-20(23)29-15/h1-7,10H,8-9,21H2,(H2,23,26)(H2,22,24,25). The molecule has 0 spiro atoms. The molecule has 5 aromatic rings. The number of oxazole rings is 1. The summed E-state index contributed by atoms with van der Waals surface area (Å²) in [7, 11) is 0. The lowest BCUT2D eigenvalue weighted by Gasteiger charge is -2.04. The van der Waals surface area contributed by atoms with Crippen LogP contribution >= 0.6 is 0 Å². The molecule has 6 N–H and O–H groups in total. The van der Waals surface area contributed by atoms with Gasteiger partial charge in [0, 0.05) is 12.1 Å². The molecule has 0 aliphatic carbocycles. The van der Waals surface area contributed by atoms with Crippen LogP contribution in [0.15, 0.2) is 53.2 Å². The van der Waals surface area contributed by atoms with Crippen molar-refractivity contribution < 1.29 is 4.42 Å². The molecule has 0 aliphatic rings. The van der Waals surface area contributed by atoms with E-state index in [9.17, 15) is 0 Å². The van der Waals surface area contributed by atoms with Gasteiger partial charge in [-0.2, -0.15) is 10.1 Å². The van der Waals surface area contributed by atoms with Crippen LogP contribution in [0.5, 0.6) is 0 Å². The van der Waals surface area contributed by atoms with Crippen LogP contribution in [-0.4, -0.2) is 24.7 Å². The van der Waals surface area contributed by atoms with E-state index in [0.717, 1.165) is 16.7 Å². The summed E-state index contributed by atoms with van der Waals surface area (Å²) in [6, 6.07) is 13.8. The molecule has 9 nitrogen and oxygen atoms in total. The van der Waals surface area contributed by atoms with E-state index in [2.05, 4.69) is 15.0 Å². The summed E-state index contributed by atoms with van der Waals surface area (Å²) in [5, 5.41) is 5.49. The summed E-state index contributed by atoms with van der Waals surface area (Å²) in [4.78, 5) is 12.8. The molecule has 0 saturated carbocycles. The van der Waals surface area contributed by atoms with Crippen molar-refractivity contribution in [3.8, 4) is 11.3 Å². The summed E-state index contributed by atoms with van der Waals surface area (Å²) in [5.41, 5.74) is 23.1. The van der Waals surface area contributed by atoms with Crippen LogP contribution in [0, 0.1) is 0 Å². The molecule has 29 heavy (non-hydrogen) atoms. The van der Waals surface area contributed by atoms with Crippen LogP contribution in [0.2, 0.25) is 0 Å². The van der Waals surface area contributed by atoms with Gasteiger partial charge in [-0.15, -0.1) is 0 Å². The fourth-order valence-corrected chi connectivity index (χ4v) is 3.39. The number of nitrogens with two attached hydrogens (primary N) is 3. The van der Waals surface area contributed by atoms with Crippen LogP contribution < -0.4 is 17.2 Å². The van der Waals surface area contributed by atoms with Crippen molar-refractivity contribution >= 4 is 34.0 Å². The highest BCUT2D eigenvalue weighted by Crippen LogP contribution is 2.32. The Hall–Kier alpha value is -3.98. The number of aromatic nitrogens is 5. The SMILES string of the molecule is NCc1ccc(Cn2nc(-c3ccc4oc(N)nc4c3)c3c(N)ncnc32)cc1. The third-order valence-corrected chi connectivity index (χ3v) is 4.83. The van der Waals surface area contributed by atoms with Gasteiger partial charge in [-0.05, 0) is 29.3 Å². The minimum absolute atomic E-state index is 0.122. The first-order valence-electron chi connectivity index (χ1n) is 9.03. The summed E-state index contributed by atoms with van der Waals surface area (Å²) >= 11 is 0. The van der Waals surface area contributed by atoms with Crippen molar-refractivity contribution in [1.82, 2.24) is 24.7 Å².